The molecule has 0 atom stereocenters. The fraction of sp³-hybridized carbons (Fsp3) is 0.700. The molecule has 0 spiro atoms. The normalized spacial score (nSPS) is 12.9. The molecule has 0 aliphatic rings. The molecule has 1 aromatic heterocycles. The minimum absolute atomic E-state index is 0.516. The Balaban J connectivity index is 2.43. The Morgan fingerprint density at radius 2 is 2.12 bits per heavy atom. The number of hydrogen-bond donors (Lipinski definition) is 3. The fourth-order valence-corrected chi connectivity index (χ4v) is 2.67. The van der Waals surface area contributed by atoms with Gasteiger partial charge in [-0.2, -0.15) is 0 Å². The standard InChI is InChI=1S/C10H20N4O2S/c1-8-9(13-7-12-8)5-11-6-10(2,3)14-17(4,15)16/h7,11,14H,5-6H2,1-4H3,(H,12,13). The Hall–Kier alpha value is -0.920. The molecule has 0 unspecified atom stereocenters. The number of nitrogens with zero attached hydrogens (tertiary/aromatic N) is 1. The van der Waals surface area contributed by atoms with Gasteiger partial charge in [-0.3, -0.25) is 0 Å². The minimum atomic E-state index is -3.19. The molecule has 0 aliphatic heterocycles. The summed E-state index contributed by atoms with van der Waals surface area (Å²) in [6, 6.07) is 0. The van der Waals surface area contributed by atoms with Crippen LogP contribution in [0.3, 0.4) is 0 Å². The Kier molecular flexibility index (Phi) is 4.29. The molecule has 0 bridgehead atoms. The smallest absolute Gasteiger partial charge is 0.209 e. The SMILES string of the molecule is Cc1[nH]cnc1CNCC(C)(C)NS(C)(=O)=O. The zero-order chi connectivity index (χ0) is 13.1. The van der Waals surface area contributed by atoms with Crippen molar-refractivity contribution in [3.8, 4) is 0 Å². The summed E-state index contributed by atoms with van der Waals surface area (Å²) in [7, 11) is -3.19. The maximum Gasteiger partial charge on any atom is 0.209 e. The van der Waals surface area contributed by atoms with Gasteiger partial charge in [-0.15, -0.1) is 0 Å². The van der Waals surface area contributed by atoms with E-state index < -0.39 is 15.6 Å². The van der Waals surface area contributed by atoms with Crippen LogP contribution in [0, 0.1) is 6.92 Å². The summed E-state index contributed by atoms with van der Waals surface area (Å²) in [5.74, 6) is 0. The summed E-state index contributed by atoms with van der Waals surface area (Å²) >= 11 is 0. The van der Waals surface area contributed by atoms with Crippen LogP contribution >= 0.6 is 0 Å². The second-order valence-electron chi connectivity index (χ2n) is 4.84. The van der Waals surface area contributed by atoms with Gasteiger partial charge >= 0.3 is 0 Å². The first kappa shape index (κ1) is 14.1. The van der Waals surface area contributed by atoms with Crippen LogP contribution in [0.4, 0.5) is 0 Å². The van der Waals surface area contributed by atoms with Crippen LogP contribution in [0.15, 0.2) is 6.33 Å². The second kappa shape index (κ2) is 5.16. The maximum absolute atomic E-state index is 11.1. The molecule has 3 N–H and O–H groups in total. The zero-order valence-corrected chi connectivity index (χ0v) is 11.5. The Labute approximate surface area is 102 Å². The van der Waals surface area contributed by atoms with E-state index in [1.54, 1.807) is 6.33 Å². The van der Waals surface area contributed by atoms with E-state index in [9.17, 15) is 8.42 Å². The third kappa shape index (κ3) is 5.29. The molecule has 0 fully saturated rings. The molecule has 17 heavy (non-hydrogen) atoms. The van der Waals surface area contributed by atoms with Crippen molar-refractivity contribution in [2.75, 3.05) is 12.8 Å². The number of aromatic nitrogens is 2. The fourth-order valence-electron chi connectivity index (χ4n) is 1.60. The molecule has 1 heterocycles. The van der Waals surface area contributed by atoms with Gasteiger partial charge in [-0.25, -0.2) is 18.1 Å². The van der Waals surface area contributed by atoms with E-state index in [-0.39, 0.29) is 0 Å². The van der Waals surface area contributed by atoms with Crippen molar-refractivity contribution in [1.82, 2.24) is 20.0 Å². The quantitative estimate of drug-likeness (QED) is 0.679. The van der Waals surface area contributed by atoms with Gasteiger partial charge < -0.3 is 10.3 Å². The Morgan fingerprint density at radius 1 is 1.47 bits per heavy atom. The number of nitrogens with one attached hydrogen (secondary N) is 3. The van der Waals surface area contributed by atoms with Gasteiger partial charge in [0, 0.05) is 24.3 Å². The van der Waals surface area contributed by atoms with Crippen LogP contribution in [0.1, 0.15) is 25.2 Å². The Morgan fingerprint density at radius 3 is 2.59 bits per heavy atom. The molecule has 98 valence electrons. The maximum atomic E-state index is 11.1. The highest BCUT2D eigenvalue weighted by Crippen LogP contribution is 2.04. The number of aromatic amines is 1. The van der Waals surface area contributed by atoms with E-state index in [4.69, 9.17) is 0 Å². The molecule has 1 rings (SSSR count). The van der Waals surface area contributed by atoms with Crippen LogP contribution in [-0.2, 0) is 16.6 Å². The highest BCUT2D eigenvalue weighted by molar-refractivity contribution is 7.88. The van der Waals surface area contributed by atoms with Crippen molar-refractivity contribution in [2.24, 2.45) is 0 Å². The van der Waals surface area contributed by atoms with Crippen LogP contribution in [0.5, 0.6) is 0 Å². The predicted molar refractivity (Wildman–Crippen MR) is 67.1 cm³/mol. The molecular formula is C10H20N4O2S. The number of imidazole rings is 1. The largest absolute Gasteiger partial charge is 0.348 e. The number of aryl methyl sites for hydroxylation is 1. The van der Waals surface area contributed by atoms with Crippen LogP contribution in [0.25, 0.3) is 0 Å². The average molecular weight is 260 g/mol. The van der Waals surface area contributed by atoms with Gasteiger partial charge in [-0.05, 0) is 20.8 Å². The highest BCUT2D eigenvalue weighted by Gasteiger charge is 2.21. The van der Waals surface area contributed by atoms with E-state index in [2.05, 4.69) is 20.0 Å². The first-order chi connectivity index (χ1) is 7.70. The lowest BCUT2D eigenvalue weighted by atomic mass is 10.1. The molecule has 0 aromatic carbocycles. The molecule has 0 radical (unpaired) electrons. The Bertz CT molecular complexity index is 464. The third-order valence-corrected chi connectivity index (χ3v) is 3.18. The zero-order valence-electron chi connectivity index (χ0n) is 10.7. The van der Waals surface area contributed by atoms with E-state index in [1.165, 1.54) is 0 Å². The molecule has 6 nitrogen and oxygen atoms in total. The summed E-state index contributed by atoms with van der Waals surface area (Å²) < 4.78 is 24.8. The van der Waals surface area contributed by atoms with E-state index in [0.717, 1.165) is 17.6 Å². The second-order valence-corrected chi connectivity index (χ2v) is 6.58. The molecular weight excluding hydrogens is 240 g/mol. The first-order valence-corrected chi connectivity index (χ1v) is 7.27. The highest BCUT2D eigenvalue weighted by atomic mass is 32.2. The average Bonchev–Trinajstić information content (AvgIpc) is 2.47. The molecule has 0 saturated heterocycles. The van der Waals surface area contributed by atoms with Crippen LogP contribution in [-0.4, -0.2) is 36.7 Å². The van der Waals surface area contributed by atoms with Gasteiger partial charge in [0.2, 0.25) is 10.0 Å². The van der Waals surface area contributed by atoms with Crippen molar-refractivity contribution in [3.63, 3.8) is 0 Å². The van der Waals surface area contributed by atoms with Gasteiger partial charge in [0.15, 0.2) is 0 Å². The molecule has 0 amide bonds. The molecule has 7 heteroatoms. The lowest BCUT2D eigenvalue weighted by Gasteiger charge is -2.25. The van der Waals surface area contributed by atoms with Crippen molar-refractivity contribution in [2.45, 2.75) is 32.9 Å². The number of H-pyrrole nitrogens is 1. The van der Waals surface area contributed by atoms with Crippen LogP contribution < -0.4 is 10.0 Å². The van der Waals surface area contributed by atoms with Crippen molar-refractivity contribution < 1.29 is 8.42 Å². The number of rotatable bonds is 6. The molecule has 1 aromatic rings. The van der Waals surface area contributed by atoms with Gasteiger partial charge in [-0.1, -0.05) is 0 Å². The van der Waals surface area contributed by atoms with Gasteiger partial charge in [0.25, 0.3) is 0 Å². The molecule has 0 aliphatic carbocycles. The van der Waals surface area contributed by atoms with E-state index >= 15 is 0 Å². The van der Waals surface area contributed by atoms with Crippen molar-refractivity contribution >= 4 is 10.0 Å². The summed E-state index contributed by atoms with van der Waals surface area (Å²) in [5, 5.41) is 3.18. The number of hydrogen-bond acceptors (Lipinski definition) is 4. The summed E-state index contributed by atoms with van der Waals surface area (Å²) in [5.41, 5.74) is 1.45. The lowest BCUT2D eigenvalue weighted by Crippen LogP contribution is -2.49. The number of sulfonamides is 1. The first-order valence-electron chi connectivity index (χ1n) is 5.38. The summed E-state index contributed by atoms with van der Waals surface area (Å²) in [6.07, 6.45) is 2.80. The third-order valence-electron chi connectivity index (χ3n) is 2.26. The van der Waals surface area contributed by atoms with E-state index in [0.29, 0.717) is 13.1 Å². The monoisotopic (exact) mass is 260 g/mol. The summed E-state index contributed by atoms with van der Waals surface area (Å²) in [4.78, 5) is 7.15. The van der Waals surface area contributed by atoms with Gasteiger partial charge in [0.1, 0.15) is 0 Å². The minimum Gasteiger partial charge on any atom is -0.348 e. The van der Waals surface area contributed by atoms with Crippen molar-refractivity contribution in [3.05, 3.63) is 17.7 Å². The van der Waals surface area contributed by atoms with Crippen molar-refractivity contribution in [1.29, 1.82) is 0 Å². The molecule has 0 saturated carbocycles. The predicted octanol–water partition coefficient (Wildman–Crippen LogP) is 0.136. The van der Waals surface area contributed by atoms with Crippen LogP contribution in [0.2, 0.25) is 0 Å². The summed E-state index contributed by atoms with van der Waals surface area (Å²) in [6.45, 7) is 6.76. The lowest BCUT2D eigenvalue weighted by molar-refractivity contribution is 0.420. The topological polar surface area (TPSA) is 86.9 Å². The van der Waals surface area contributed by atoms with E-state index in [1.807, 2.05) is 20.8 Å². The van der Waals surface area contributed by atoms with Gasteiger partial charge in [0.05, 0.1) is 18.3 Å².